The van der Waals surface area contributed by atoms with Crippen LogP contribution in [-0.2, 0) is 4.79 Å². The van der Waals surface area contributed by atoms with Gasteiger partial charge in [-0.2, -0.15) is 0 Å². The molecule has 4 nitrogen and oxygen atoms in total. The van der Waals surface area contributed by atoms with Crippen molar-refractivity contribution in [3.8, 4) is 0 Å². The molecule has 1 amide bonds. The Kier molecular flexibility index (Phi) is 4.19. The molecule has 2 aliphatic heterocycles. The van der Waals surface area contributed by atoms with Gasteiger partial charge >= 0.3 is 0 Å². The van der Waals surface area contributed by atoms with Crippen LogP contribution in [0.15, 0.2) is 0 Å². The third kappa shape index (κ3) is 3.65. The van der Waals surface area contributed by atoms with Crippen LogP contribution >= 0.6 is 0 Å². The summed E-state index contributed by atoms with van der Waals surface area (Å²) >= 11 is 0. The molecule has 0 aromatic carbocycles. The van der Waals surface area contributed by atoms with Crippen LogP contribution in [0.4, 0.5) is 0 Å². The fourth-order valence-electron chi connectivity index (χ4n) is 4.52. The Morgan fingerprint density at radius 1 is 1.05 bits per heavy atom. The zero-order valence-electron chi connectivity index (χ0n) is 15.4. The smallest absolute Gasteiger partial charge is 0.222 e. The number of amides is 1. The van der Waals surface area contributed by atoms with Crippen LogP contribution in [0.25, 0.3) is 0 Å². The lowest BCUT2D eigenvalue weighted by Crippen LogP contribution is -2.58. The number of hydrogen-bond acceptors (Lipinski definition) is 3. The van der Waals surface area contributed by atoms with Crippen molar-refractivity contribution in [3.63, 3.8) is 0 Å². The fourth-order valence-corrected chi connectivity index (χ4v) is 4.52. The van der Waals surface area contributed by atoms with Crippen molar-refractivity contribution in [1.29, 1.82) is 0 Å². The van der Waals surface area contributed by atoms with E-state index in [0.717, 1.165) is 12.8 Å². The maximum Gasteiger partial charge on any atom is 0.222 e. The summed E-state index contributed by atoms with van der Waals surface area (Å²) in [6.07, 6.45) is 2.65. The van der Waals surface area contributed by atoms with Gasteiger partial charge in [-0.25, -0.2) is 0 Å². The van der Waals surface area contributed by atoms with E-state index >= 15 is 0 Å². The molecule has 1 atom stereocenters. The van der Waals surface area contributed by atoms with Crippen LogP contribution in [0.1, 0.15) is 67.7 Å². The number of carbonyl (C=O) groups is 1. The van der Waals surface area contributed by atoms with Crippen molar-refractivity contribution in [1.82, 2.24) is 10.2 Å². The Labute approximate surface area is 135 Å². The zero-order chi connectivity index (χ0) is 17.0. The first-order valence-electron chi connectivity index (χ1n) is 8.53. The molecule has 0 spiro atoms. The molecule has 0 aliphatic carbocycles. The van der Waals surface area contributed by atoms with Crippen LogP contribution < -0.4 is 5.32 Å². The third-order valence-corrected chi connectivity index (χ3v) is 5.63. The van der Waals surface area contributed by atoms with Crippen molar-refractivity contribution in [2.75, 3.05) is 13.1 Å². The molecule has 0 bridgehead atoms. The Morgan fingerprint density at radius 2 is 1.55 bits per heavy atom. The molecule has 128 valence electrons. The molecule has 2 rings (SSSR count). The molecular weight excluding hydrogens is 276 g/mol. The first-order valence-corrected chi connectivity index (χ1v) is 8.53. The van der Waals surface area contributed by atoms with Crippen LogP contribution in [0.2, 0.25) is 0 Å². The van der Waals surface area contributed by atoms with Gasteiger partial charge < -0.3 is 15.3 Å². The lowest BCUT2D eigenvalue weighted by Gasteiger charge is -2.46. The predicted octanol–water partition coefficient (Wildman–Crippen LogP) is 2.55. The average Bonchev–Trinajstić information content (AvgIpc) is 2.43. The highest BCUT2D eigenvalue weighted by Crippen LogP contribution is 2.40. The first kappa shape index (κ1) is 17.7. The molecule has 22 heavy (non-hydrogen) atoms. The van der Waals surface area contributed by atoms with E-state index in [9.17, 15) is 9.90 Å². The summed E-state index contributed by atoms with van der Waals surface area (Å²) in [5.74, 6) is 0.608. The van der Waals surface area contributed by atoms with Crippen molar-refractivity contribution >= 4 is 5.91 Å². The quantitative estimate of drug-likeness (QED) is 0.824. The Morgan fingerprint density at radius 3 is 1.95 bits per heavy atom. The Balaban J connectivity index is 2.01. The molecule has 2 aliphatic rings. The zero-order valence-corrected chi connectivity index (χ0v) is 15.4. The summed E-state index contributed by atoms with van der Waals surface area (Å²) in [5, 5.41) is 14.2. The second-order valence-corrected chi connectivity index (χ2v) is 9.78. The van der Waals surface area contributed by atoms with Gasteiger partial charge in [-0.3, -0.25) is 4.79 Å². The summed E-state index contributed by atoms with van der Waals surface area (Å²) in [6, 6.07) is 0. The number of aliphatic hydroxyl groups is 1. The van der Waals surface area contributed by atoms with E-state index in [4.69, 9.17) is 0 Å². The van der Waals surface area contributed by atoms with E-state index < -0.39 is 5.60 Å². The molecule has 2 saturated heterocycles. The topological polar surface area (TPSA) is 52.6 Å². The second-order valence-electron chi connectivity index (χ2n) is 9.78. The van der Waals surface area contributed by atoms with Gasteiger partial charge in [0.25, 0.3) is 0 Å². The molecule has 2 heterocycles. The number of carbonyl (C=O) groups excluding carboxylic acids is 1. The van der Waals surface area contributed by atoms with E-state index in [1.807, 2.05) is 25.7 Å². The van der Waals surface area contributed by atoms with Gasteiger partial charge in [0.05, 0.1) is 5.60 Å². The average molecular weight is 310 g/mol. The highest BCUT2D eigenvalue weighted by Gasteiger charge is 2.49. The molecule has 0 unspecified atom stereocenters. The van der Waals surface area contributed by atoms with Crippen LogP contribution in [0, 0.1) is 11.3 Å². The fraction of sp³-hybridized carbons (Fsp3) is 0.944. The minimum absolute atomic E-state index is 0.0719. The summed E-state index contributed by atoms with van der Waals surface area (Å²) < 4.78 is 0. The number of hydrogen-bond donors (Lipinski definition) is 2. The van der Waals surface area contributed by atoms with Crippen molar-refractivity contribution in [2.24, 2.45) is 11.3 Å². The minimum Gasteiger partial charge on any atom is -0.388 e. The van der Waals surface area contributed by atoms with E-state index in [0.29, 0.717) is 25.4 Å². The van der Waals surface area contributed by atoms with Gasteiger partial charge in [-0.1, -0.05) is 13.8 Å². The van der Waals surface area contributed by atoms with Gasteiger partial charge in [-0.15, -0.1) is 0 Å². The monoisotopic (exact) mass is 310 g/mol. The number of piperidine rings is 1. The van der Waals surface area contributed by atoms with E-state index in [1.54, 1.807) is 0 Å². The highest BCUT2D eigenvalue weighted by atomic mass is 16.3. The molecule has 0 saturated carbocycles. The summed E-state index contributed by atoms with van der Waals surface area (Å²) in [5.41, 5.74) is -0.893. The van der Waals surface area contributed by atoms with Crippen LogP contribution in [0.5, 0.6) is 0 Å². The summed E-state index contributed by atoms with van der Waals surface area (Å²) in [4.78, 5) is 14.6. The normalized spacial score (nSPS) is 33.9. The standard InChI is InChI=1S/C18H34N2O2/c1-15(2)11-20(12-18(15,7)22)14(21)8-13-9-16(3,4)19-17(5,6)10-13/h13,19,22H,8-12H2,1-7H3/t18-/m1/s1. The maximum atomic E-state index is 12.7. The molecule has 0 radical (unpaired) electrons. The lowest BCUT2D eigenvalue weighted by atomic mass is 9.74. The van der Waals surface area contributed by atoms with Gasteiger partial charge in [0.15, 0.2) is 0 Å². The third-order valence-electron chi connectivity index (χ3n) is 5.63. The Hall–Kier alpha value is -0.610. The minimum atomic E-state index is -0.796. The number of nitrogens with zero attached hydrogens (tertiary/aromatic N) is 1. The highest BCUT2D eigenvalue weighted by molar-refractivity contribution is 5.77. The van der Waals surface area contributed by atoms with E-state index in [1.165, 1.54) is 0 Å². The van der Waals surface area contributed by atoms with E-state index in [-0.39, 0.29) is 22.4 Å². The molecule has 4 heteroatoms. The number of nitrogens with one attached hydrogen (secondary N) is 1. The lowest BCUT2D eigenvalue weighted by molar-refractivity contribution is -0.132. The SMILES string of the molecule is CC1(C)CC(CC(=O)N2CC(C)(C)[C@](C)(O)C2)CC(C)(C)N1. The Bertz CT molecular complexity index is 420. The van der Waals surface area contributed by atoms with Gasteiger partial charge in [0.2, 0.25) is 5.91 Å². The largest absolute Gasteiger partial charge is 0.388 e. The van der Waals surface area contributed by atoms with Crippen molar-refractivity contribution in [2.45, 2.75) is 84.4 Å². The summed E-state index contributed by atoms with van der Waals surface area (Å²) in [7, 11) is 0. The molecule has 2 fully saturated rings. The first-order chi connectivity index (χ1) is 9.73. The predicted molar refractivity (Wildman–Crippen MR) is 89.6 cm³/mol. The number of rotatable bonds is 2. The molecule has 2 N–H and O–H groups in total. The second kappa shape index (κ2) is 5.20. The number of β-amino-alcohol motifs (C(OH)–C–C–N with tert-alkyl or cyclic N) is 1. The van der Waals surface area contributed by atoms with Crippen LogP contribution in [-0.4, -0.2) is 45.7 Å². The van der Waals surface area contributed by atoms with Gasteiger partial charge in [-0.05, 0) is 53.4 Å². The van der Waals surface area contributed by atoms with Crippen molar-refractivity contribution in [3.05, 3.63) is 0 Å². The maximum absolute atomic E-state index is 12.7. The van der Waals surface area contributed by atoms with Crippen LogP contribution in [0.3, 0.4) is 0 Å². The number of likely N-dealkylation sites (tertiary alicyclic amines) is 1. The summed E-state index contributed by atoms with van der Waals surface area (Å²) in [6.45, 7) is 15.9. The van der Waals surface area contributed by atoms with Crippen molar-refractivity contribution < 1.29 is 9.90 Å². The van der Waals surface area contributed by atoms with E-state index in [2.05, 4.69) is 33.0 Å². The molecule has 0 aromatic heterocycles. The van der Waals surface area contributed by atoms with Gasteiger partial charge in [0.1, 0.15) is 0 Å². The molecular formula is C18H34N2O2. The van der Waals surface area contributed by atoms with Gasteiger partial charge in [0, 0.05) is 36.0 Å². The molecule has 0 aromatic rings.